The molecule has 0 aliphatic carbocycles. The van der Waals surface area contributed by atoms with E-state index in [1.165, 1.54) is 27.7 Å². The molecule has 0 aliphatic rings. The van der Waals surface area contributed by atoms with E-state index < -0.39 is 0 Å². The number of benzene rings is 2. The first-order chi connectivity index (χ1) is 11.3. The zero-order valence-electron chi connectivity index (χ0n) is 13.5. The minimum absolute atomic E-state index is 0.202. The van der Waals surface area contributed by atoms with E-state index in [4.69, 9.17) is 0 Å². The quantitative estimate of drug-likeness (QED) is 0.626. The molecule has 1 atom stereocenters. The first-order valence-electron chi connectivity index (χ1n) is 8.19. The number of H-pyrrole nitrogens is 1. The van der Waals surface area contributed by atoms with Crippen LogP contribution in [0.3, 0.4) is 0 Å². The number of aromatic amines is 1. The molecule has 1 unspecified atom stereocenters. The molecule has 1 heterocycles. The molecule has 3 rings (SSSR count). The van der Waals surface area contributed by atoms with Gasteiger partial charge in [-0.05, 0) is 47.9 Å². The van der Waals surface area contributed by atoms with Crippen LogP contribution in [-0.2, 0) is 13.0 Å². The van der Waals surface area contributed by atoms with Crippen LogP contribution in [0.2, 0.25) is 0 Å². The summed E-state index contributed by atoms with van der Waals surface area (Å²) in [6.45, 7) is 3.93. The highest BCUT2D eigenvalue weighted by Crippen LogP contribution is 2.15. The van der Waals surface area contributed by atoms with Crippen molar-refractivity contribution in [2.45, 2.75) is 19.9 Å². The maximum absolute atomic E-state index is 9.64. The van der Waals surface area contributed by atoms with E-state index in [1.807, 2.05) is 6.07 Å². The molecule has 0 saturated heterocycles. The van der Waals surface area contributed by atoms with E-state index in [2.05, 4.69) is 65.8 Å². The lowest BCUT2D eigenvalue weighted by molar-refractivity contribution is 0.221. The maximum atomic E-state index is 9.64. The lowest BCUT2D eigenvalue weighted by Crippen LogP contribution is -2.26. The summed E-state index contributed by atoms with van der Waals surface area (Å²) < 4.78 is 0. The predicted octanol–water partition coefficient (Wildman–Crippen LogP) is 3.42. The zero-order chi connectivity index (χ0) is 16.1. The van der Waals surface area contributed by atoms with Crippen LogP contribution in [0.15, 0.2) is 54.6 Å². The molecule has 120 valence electrons. The summed E-state index contributed by atoms with van der Waals surface area (Å²) in [7, 11) is 0. The second-order valence-electron chi connectivity index (χ2n) is 6.19. The molecular formula is C20H24N2O. The maximum Gasteiger partial charge on any atom is 0.0474 e. The average molecular weight is 308 g/mol. The van der Waals surface area contributed by atoms with Crippen LogP contribution >= 0.6 is 0 Å². The summed E-state index contributed by atoms with van der Waals surface area (Å²) in [6.07, 6.45) is 0.906. The van der Waals surface area contributed by atoms with Crippen LogP contribution in [0.1, 0.15) is 16.8 Å². The fraction of sp³-hybridized carbons (Fsp3) is 0.300. The highest BCUT2D eigenvalue weighted by molar-refractivity contribution is 5.80. The number of aliphatic hydroxyl groups is 1. The molecule has 3 N–H and O–H groups in total. The summed E-state index contributed by atoms with van der Waals surface area (Å²) in [5.74, 6) is 0.237. The first kappa shape index (κ1) is 15.8. The number of para-hydroxylation sites is 1. The number of rotatable bonds is 7. The summed E-state index contributed by atoms with van der Waals surface area (Å²) in [4.78, 5) is 3.42. The molecule has 0 amide bonds. The molecule has 0 spiro atoms. The lowest BCUT2D eigenvalue weighted by Gasteiger charge is -2.16. The van der Waals surface area contributed by atoms with Gasteiger partial charge in [-0.25, -0.2) is 0 Å². The van der Waals surface area contributed by atoms with Gasteiger partial charge in [-0.2, -0.15) is 0 Å². The fourth-order valence-corrected chi connectivity index (χ4v) is 2.99. The standard InChI is InChI=1S/C20H24N2O/c1-15-6-2-3-7-17(15)10-16(14-23)12-21-13-19-11-18-8-4-5-9-20(18)22-19/h2-9,11,16,21-23H,10,12-14H2,1H3. The van der Waals surface area contributed by atoms with Gasteiger partial charge < -0.3 is 15.4 Å². The smallest absolute Gasteiger partial charge is 0.0474 e. The van der Waals surface area contributed by atoms with Crippen molar-refractivity contribution in [2.24, 2.45) is 5.92 Å². The van der Waals surface area contributed by atoms with Gasteiger partial charge in [0.05, 0.1) is 0 Å². The van der Waals surface area contributed by atoms with Gasteiger partial charge in [0.1, 0.15) is 0 Å². The number of aliphatic hydroxyl groups excluding tert-OH is 1. The zero-order valence-corrected chi connectivity index (χ0v) is 13.5. The average Bonchev–Trinajstić information content (AvgIpc) is 2.98. The van der Waals surface area contributed by atoms with Crippen molar-refractivity contribution < 1.29 is 5.11 Å². The van der Waals surface area contributed by atoms with Crippen LogP contribution in [0.4, 0.5) is 0 Å². The van der Waals surface area contributed by atoms with E-state index in [-0.39, 0.29) is 12.5 Å². The Kier molecular flexibility index (Phi) is 5.11. The molecule has 3 nitrogen and oxygen atoms in total. The second kappa shape index (κ2) is 7.44. The Morgan fingerprint density at radius 2 is 1.87 bits per heavy atom. The lowest BCUT2D eigenvalue weighted by atomic mass is 9.96. The third-order valence-corrected chi connectivity index (χ3v) is 4.36. The Bertz CT molecular complexity index is 730. The largest absolute Gasteiger partial charge is 0.396 e. The van der Waals surface area contributed by atoms with Crippen LogP contribution in [0, 0.1) is 12.8 Å². The Morgan fingerprint density at radius 3 is 2.65 bits per heavy atom. The van der Waals surface area contributed by atoms with Gasteiger partial charge in [-0.1, -0.05) is 42.5 Å². The molecular weight excluding hydrogens is 284 g/mol. The molecule has 2 aromatic carbocycles. The van der Waals surface area contributed by atoms with Crippen molar-refractivity contribution in [3.8, 4) is 0 Å². The summed E-state index contributed by atoms with van der Waals surface area (Å²) >= 11 is 0. The van der Waals surface area contributed by atoms with E-state index in [9.17, 15) is 5.11 Å². The fourth-order valence-electron chi connectivity index (χ4n) is 2.99. The van der Waals surface area contributed by atoms with Crippen LogP contribution in [0.25, 0.3) is 10.9 Å². The van der Waals surface area contributed by atoms with Crippen LogP contribution in [0.5, 0.6) is 0 Å². The molecule has 3 aromatic rings. The number of hydrogen-bond donors (Lipinski definition) is 3. The van der Waals surface area contributed by atoms with Gasteiger partial charge in [0.25, 0.3) is 0 Å². The predicted molar refractivity (Wildman–Crippen MR) is 95.5 cm³/mol. The molecule has 23 heavy (non-hydrogen) atoms. The highest BCUT2D eigenvalue weighted by Gasteiger charge is 2.10. The van der Waals surface area contributed by atoms with Crippen molar-refractivity contribution in [3.05, 3.63) is 71.4 Å². The van der Waals surface area contributed by atoms with Crippen molar-refractivity contribution in [2.75, 3.05) is 13.2 Å². The Balaban J connectivity index is 1.55. The number of fused-ring (bicyclic) bond motifs is 1. The molecule has 3 heteroatoms. The van der Waals surface area contributed by atoms with E-state index in [1.54, 1.807) is 0 Å². The number of nitrogens with one attached hydrogen (secondary N) is 2. The van der Waals surface area contributed by atoms with Gasteiger partial charge in [-0.15, -0.1) is 0 Å². The third-order valence-electron chi connectivity index (χ3n) is 4.36. The minimum Gasteiger partial charge on any atom is -0.396 e. The summed E-state index contributed by atoms with van der Waals surface area (Å²) in [5, 5.41) is 14.3. The Labute approximate surface area is 137 Å². The van der Waals surface area contributed by atoms with Crippen molar-refractivity contribution in [1.29, 1.82) is 0 Å². The van der Waals surface area contributed by atoms with Gasteiger partial charge in [0.2, 0.25) is 0 Å². The molecule has 1 aromatic heterocycles. The van der Waals surface area contributed by atoms with Crippen molar-refractivity contribution in [3.63, 3.8) is 0 Å². The van der Waals surface area contributed by atoms with Gasteiger partial charge in [-0.3, -0.25) is 0 Å². The third kappa shape index (κ3) is 4.01. The van der Waals surface area contributed by atoms with Gasteiger partial charge in [0, 0.05) is 30.9 Å². The van der Waals surface area contributed by atoms with Gasteiger partial charge >= 0.3 is 0 Å². The van der Waals surface area contributed by atoms with E-state index in [0.29, 0.717) is 0 Å². The van der Waals surface area contributed by atoms with E-state index in [0.717, 1.165) is 19.5 Å². The molecule has 0 aliphatic heterocycles. The SMILES string of the molecule is Cc1ccccc1CC(CO)CNCc1cc2ccccc2[nH]1. The normalized spacial score (nSPS) is 12.6. The Hall–Kier alpha value is -2.10. The number of hydrogen-bond acceptors (Lipinski definition) is 2. The van der Waals surface area contributed by atoms with Gasteiger partial charge in [0.15, 0.2) is 0 Å². The molecule has 0 radical (unpaired) electrons. The Morgan fingerprint density at radius 1 is 1.09 bits per heavy atom. The number of aromatic nitrogens is 1. The molecule has 0 fully saturated rings. The molecule has 0 bridgehead atoms. The topological polar surface area (TPSA) is 48.0 Å². The highest BCUT2D eigenvalue weighted by atomic mass is 16.3. The first-order valence-corrected chi connectivity index (χ1v) is 8.19. The number of aryl methyl sites for hydroxylation is 1. The van der Waals surface area contributed by atoms with E-state index >= 15 is 0 Å². The van der Waals surface area contributed by atoms with Crippen LogP contribution in [-0.4, -0.2) is 23.2 Å². The van der Waals surface area contributed by atoms with Crippen molar-refractivity contribution >= 4 is 10.9 Å². The second-order valence-corrected chi connectivity index (χ2v) is 6.19. The summed E-state index contributed by atoms with van der Waals surface area (Å²) in [5.41, 5.74) is 4.96. The monoisotopic (exact) mass is 308 g/mol. The molecule has 0 saturated carbocycles. The minimum atomic E-state index is 0.202. The van der Waals surface area contributed by atoms with Crippen molar-refractivity contribution in [1.82, 2.24) is 10.3 Å². The van der Waals surface area contributed by atoms with Crippen LogP contribution < -0.4 is 5.32 Å². The summed E-state index contributed by atoms with van der Waals surface area (Å²) in [6, 6.07) is 18.9.